The van der Waals surface area contributed by atoms with Crippen molar-refractivity contribution in [3.63, 3.8) is 0 Å². The Balaban J connectivity index is 0. The van der Waals surface area contributed by atoms with Crippen molar-refractivity contribution in [2.45, 2.75) is 91.5 Å². The average molecular weight is 548 g/mol. The second kappa shape index (κ2) is 17.8. The van der Waals surface area contributed by atoms with Gasteiger partial charge in [0.05, 0.1) is 6.61 Å². The number of nitrogens with one attached hydrogen (secondary N) is 2. The Hall–Kier alpha value is -2.60. The highest BCUT2D eigenvalue weighted by atomic mass is 16.6. The van der Waals surface area contributed by atoms with E-state index in [0.29, 0.717) is 32.5 Å². The highest BCUT2D eigenvalue weighted by Crippen LogP contribution is 2.09. The molecule has 0 aliphatic carbocycles. The second-order valence-electron chi connectivity index (χ2n) is 12.0. The van der Waals surface area contributed by atoms with Gasteiger partial charge in [0.2, 0.25) is 5.91 Å². The van der Waals surface area contributed by atoms with E-state index in [4.69, 9.17) is 19.9 Å². The first-order chi connectivity index (χ1) is 17.1. The summed E-state index contributed by atoms with van der Waals surface area (Å²) in [6.45, 7) is 16.2. The lowest BCUT2D eigenvalue weighted by Crippen LogP contribution is -2.47. The summed E-state index contributed by atoms with van der Waals surface area (Å²) in [4.78, 5) is 50.3. The van der Waals surface area contributed by atoms with Gasteiger partial charge in [-0.25, -0.2) is 14.4 Å². The predicted octanol–water partition coefficient (Wildman–Crippen LogP) is 2.35. The van der Waals surface area contributed by atoms with Crippen molar-refractivity contribution in [1.29, 1.82) is 0 Å². The fourth-order valence-electron chi connectivity index (χ4n) is 2.56. The van der Waals surface area contributed by atoms with E-state index in [2.05, 4.69) is 10.6 Å². The molecule has 0 aliphatic rings. The molecule has 0 aliphatic heterocycles. The van der Waals surface area contributed by atoms with Crippen LogP contribution in [0.15, 0.2) is 0 Å². The van der Waals surface area contributed by atoms with E-state index in [0.717, 1.165) is 0 Å². The summed E-state index contributed by atoms with van der Waals surface area (Å²) in [5, 5.41) is 5.06. The third kappa shape index (κ3) is 23.8. The number of rotatable bonds is 12. The molecule has 0 fully saturated rings. The van der Waals surface area contributed by atoms with Crippen LogP contribution in [-0.2, 0) is 23.8 Å². The molecule has 4 N–H and O–H groups in total. The van der Waals surface area contributed by atoms with Crippen molar-refractivity contribution in [2.24, 2.45) is 11.7 Å². The normalized spacial score (nSPS) is 13.2. The quantitative estimate of drug-likeness (QED) is 0.247. The van der Waals surface area contributed by atoms with Gasteiger partial charge in [-0.2, -0.15) is 0 Å². The molecule has 0 aromatic carbocycles. The van der Waals surface area contributed by atoms with Gasteiger partial charge in [0.25, 0.3) is 0 Å². The van der Waals surface area contributed by atoms with Crippen LogP contribution >= 0.6 is 0 Å². The summed E-state index contributed by atoms with van der Waals surface area (Å²) in [5.41, 5.74) is 4.02. The van der Waals surface area contributed by atoms with E-state index < -0.39 is 47.3 Å². The number of nitrogens with two attached hydrogens (primary N) is 1. The molecule has 0 saturated carbocycles. The van der Waals surface area contributed by atoms with E-state index in [1.54, 1.807) is 41.5 Å². The van der Waals surface area contributed by atoms with E-state index >= 15 is 0 Å². The van der Waals surface area contributed by atoms with Gasteiger partial charge in [0.1, 0.15) is 23.3 Å². The zero-order chi connectivity index (χ0) is 30.3. The molecule has 38 heavy (non-hydrogen) atoms. The standard InChI is InChI=1S/C15H30N2O4.C11H23N3O3/c1-11(2)10-20-13(18)12(8-9-17(6)7)16-14(19)21-15(3,4)5;1-11(2,3)17-10(16)13-8(9(12)15)6-7-14(4)5/h11-12H,8-10H2,1-7H3,(H,16,19);8H,6-7H2,1-5H3,(H2,12,15)(H,13,16)/t12-;8-/m00/s1. The van der Waals surface area contributed by atoms with E-state index in [1.165, 1.54) is 0 Å². The van der Waals surface area contributed by atoms with Gasteiger partial charge in [-0.15, -0.1) is 0 Å². The summed E-state index contributed by atoms with van der Waals surface area (Å²) < 4.78 is 15.4. The molecule has 0 aromatic heterocycles. The SMILES string of the molecule is CC(C)COC(=O)[C@H](CCN(C)C)NC(=O)OC(C)(C)C.CN(C)CC[C@H](NC(=O)OC(C)(C)C)C(N)=O. The van der Waals surface area contributed by atoms with Gasteiger partial charge in [0.15, 0.2) is 0 Å². The van der Waals surface area contributed by atoms with Gasteiger partial charge < -0.3 is 40.4 Å². The third-order valence-electron chi connectivity index (χ3n) is 4.30. The third-order valence-corrected chi connectivity index (χ3v) is 4.30. The highest BCUT2D eigenvalue weighted by Gasteiger charge is 2.26. The van der Waals surface area contributed by atoms with Crippen molar-refractivity contribution in [3.05, 3.63) is 0 Å². The molecule has 0 aromatic rings. The molecule has 3 amide bonds. The highest BCUT2D eigenvalue weighted by molar-refractivity contribution is 5.84. The van der Waals surface area contributed by atoms with Crippen molar-refractivity contribution in [1.82, 2.24) is 20.4 Å². The zero-order valence-electron chi connectivity index (χ0n) is 25.6. The Labute approximate surface area is 229 Å². The molecular formula is C26H53N5O7. The first-order valence-electron chi connectivity index (χ1n) is 12.9. The molecule has 12 heteroatoms. The number of esters is 1. The van der Waals surface area contributed by atoms with Crippen molar-refractivity contribution in [3.8, 4) is 0 Å². The Kier molecular flexibility index (Phi) is 17.6. The maximum atomic E-state index is 12.1. The summed E-state index contributed by atoms with van der Waals surface area (Å²) in [6, 6.07) is -1.40. The molecule has 224 valence electrons. The predicted molar refractivity (Wildman–Crippen MR) is 148 cm³/mol. The van der Waals surface area contributed by atoms with Crippen LogP contribution in [0, 0.1) is 5.92 Å². The molecule has 0 heterocycles. The van der Waals surface area contributed by atoms with Crippen molar-refractivity contribution in [2.75, 3.05) is 47.9 Å². The number of carbonyl (C=O) groups excluding carboxylic acids is 4. The Morgan fingerprint density at radius 1 is 0.737 bits per heavy atom. The van der Waals surface area contributed by atoms with Gasteiger partial charge in [-0.1, -0.05) is 13.8 Å². The first kappa shape index (κ1) is 37.6. The van der Waals surface area contributed by atoms with Crippen LogP contribution < -0.4 is 16.4 Å². The van der Waals surface area contributed by atoms with Crippen molar-refractivity contribution >= 4 is 24.1 Å². The van der Waals surface area contributed by atoms with E-state index in [1.807, 2.05) is 51.8 Å². The smallest absolute Gasteiger partial charge is 0.408 e. The van der Waals surface area contributed by atoms with Crippen LogP contribution in [0.5, 0.6) is 0 Å². The van der Waals surface area contributed by atoms with Crippen LogP contribution in [0.2, 0.25) is 0 Å². The number of alkyl carbamates (subject to hydrolysis) is 2. The van der Waals surface area contributed by atoms with E-state index in [-0.39, 0.29) is 5.92 Å². The monoisotopic (exact) mass is 547 g/mol. The van der Waals surface area contributed by atoms with Crippen LogP contribution in [0.25, 0.3) is 0 Å². The summed E-state index contributed by atoms with van der Waals surface area (Å²) in [7, 11) is 7.57. The average Bonchev–Trinajstić information content (AvgIpc) is 2.69. The van der Waals surface area contributed by atoms with Gasteiger partial charge in [-0.05, 0) is 95.0 Å². The molecule has 0 rings (SSSR count). The largest absolute Gasteiger partial charge is 0.464 e. The fourth-order valence-corrected chi connectivity index (χ4v) is 2.56. The van der Waals surface area contributed by atoms with Crippen LogP contribution in [0.1, 0.15) is 68.2 Å². The number of primary amides is 1. The topological polar surface area (TPSA) is 153 Å². The minimum absolute atomic E-state index is 0.255. The number of nitrogens with zero attached hydrogens (tertiary/aromatic N) is 2. The number of carbonyl (C=O) groups is 4. The maximum Gasteiger partial charge on any atom is 0.408 e. The molecule has 0 saturated heterocycles. The minimum Gasteiger partial charge on any atom is -0.464 e. The van der Waals surface area contributed by atoms with Crippen LogP contribution in [0.3, 0.4) is 0 Å². The molecule has 0 bridgehead atoms. The van der Waals surface area contributed by atoms with Gasteiger partial charge in [-0.3, -0.25) is 4.79 Å². The van der Waals surface area contributed by atoms with E-state index in [9.17, 15) is 19.2 Å². The summed E-state index contributed by atoms with van der Waals surface area (Å²) in [5.74, 6) is -0.723. The van der Waals surface area contributed by atoms with Gasteiger partial charge >= 0.3 is 18.2 Å². The molecule has 0 unspecified atom stereocenters. The van der Waals surface area contributed by atoms with Crippen LogP contribution in [0.4, 0.5) is 9.59 Å². The Bertz CT molecular complexity index is 728. The van der Waals surface area contributed by atoms with Crippen molar-refractivity contribution < 1.29 is 33.4 Å². The molecule has 2 atom stereocenters. The number of amides is 3. The molecule has 12 nitrogen and oxygen atoms in total. The fraction of sp³-hybridized carbons (Fsp3) is 0.846. The minimum atomic E-state index is -0.702. The summed E-state index contributed by atoms with van der Waals surface area (Å²) in [6.07, 6.45) is -0.294. The zero-order valence-corrected chi connectivity index (χ0v) is 25.6. The Morgan fingerprint density at radius 3 is 1.42 bits per heavy atom. The second-order valence-corrected chi connectivity index (χ2v) is 12.0. The van der Waals surface area contributed by atoms with Crippen LogP contribution in [-0.4, -0.2) is 105 Å². The summed E-state index contributed by atoms with van der Waals surface area (Å²) >= 11 is 0. The Morgan fingerprint density at radius 2 is 1.11 bits per heavy atom. The maximum absolute atomic E-state index is 12.1. The molecule has 0 spiro atoms. The number of hydrogen-bond donors (Lipinski definition) is 3. The van der Waals surface area contributed by atoms with Gasteiger partial charge in [0, 0.05) is 6.54 Å². The number of ether oxygens (including phenoxy) is 3. The molecule has 0 radical (unpaired) electrons. The lowest BCUT2D eigenvalue weighted by molar-refractivity contribution is -0.147. The lowest BCUT2D eigenvalue weighted by Gasteiger charge is -2.24. The first-order valence-corrected chi connectivity index (χ1v) is 12.9. The molecular weight excluding hydrogens is 494 g/mol. The lowest BCUT2D eigenvalue weighted by atomic mass is 10.2. The number of hydrogen-bond acceptors (Lipinski definition) is 9.